The highest BCUT2D eigenvalue weighted by molar-refractivity contribution is 7.12. The van der Waals surface area contributed by atoms with Crippen molar-refractivity contribution in [2.24, 2.45) is 5.92 Å². The summed E-state index contributed by atoms with van der Waals surface area (Å²) >= 11 is 1.68. The van der Waals surface area contributed by atoms with E-state index in [9.17, 15) is 9.59 Å². The molecule has 2 aliphatic heterocycles. The van der Waals surface area contributed by atoms with E-state index in [-0.39, 0.29) is 17.9 Å². The first-order valence-corrected chi connectivity index (χ1v) is 8.02. The van der Waals surface area contributed by atoms with Crippen molar-refractivity contribution in [3.8, 4) is 0 Å². The summed E-state index contributed by atoms with van der Waals surface area (Å²) in [6, 6.07) is 2.27. The van der Waals surface area contributed by atoms with Gasteiger partial charge in [0, 0.05) is 35.3 Å². The molecule has 2 unspecified atom stereocenters. The minimum Gasteiger partial charge on any atom is -0.353 e. The average molecular weight is 292 g/mol. The highest BCUT2D eigenvalue weighted by atomic mass is 32.1. The maximum atomic E-state index is 12.6. The van der Waals surface area contributed by atoms with Gasteiger partial charge in [0.05, 0.1) is 5.56 Å². The molecule has 0 saturated carbocycles. The van der Waals surface area contributed by atoms with Gasteiger partial charge >= 0.3 is 0 Å². The van der Waals surface area contributed by atoms with Gasteiger partial charge in [-0.05, 0) is 38.7 Å². The van der Waals surface area contributed by atoms with Crippen LogP contribution in [0.3, 0.4) is 0 Å². The van der Waals surface area contributed by atoms with Gasteiger partial charge in [-0.25, -0.2) is 0 Å². The predicted octanol–water partition coefficient (Wildman–Crippen LogP) is 2.11. The van der Waals surface area contributed by atoms with Gasteiger partial charge in [0.2, 0.25) is 5.91 Å². The van der Waals surface area contributed by atoms with Crippen LogP contribution in [0.2, 0.25) is 0 Å². The Morgan fingerprint density at radius 2 is 2.20 bits per heavy atom. The fourth-order valence-electron chi connectivity index (χ4n) is 3.31. The van der Waals surface area contributed by atoms with Crippen molar-refractivity contribution in [2.45, 2.75) is 39.2 Å². The number of nitrogens with one attached hydrogen (secondary N) is 1. The molecule has 5 heteroatoms. The van der Waals surface area contributed by atoms with Crippen molar-refractivity contribution in [3.05, 3.63) is 21.4 Å². The summed E-state index contributed by atoms with van der Waals surface area (Å²) < 4.78 is 0. The van der Waals surface area contributed by atoms with Crippen molar-refractivity contribution >= 4 is 23.2 Å². The fourth-order valence-corrected chi connectivity index (χ4v) is 4.22. The lowest BCUT2D eigenvalue weighted by Gasteiger charge is -2.41. The smallest absolute Gasteiger partial charge is 0.254 e. The molecule has 2 atom stereocenters. The van der Waals surface area contributed by atoms with Crippen LogP contribution in [0.5, 0.6) is 0 Å². The molecule has 2 amide bonds. The number of amides is 2. The first-order valence-electron chi connectivity index (χ1n) is 7.20. The van der Waals surface area contributed by atoms with Gasteiger partial charge in [0.15, 0.2) is 0 Å². The summed E-state index contributed by atoms with van der Waals surface area (Å²) in [4.78, 5) is 28.3. The van der Waals surface area contributed by atoms with Gasteiger partial charge in [-0.3, -0.25) is 9.59 Å². The minimum atomic E-state index is 0.155. The van der Waals surface area contributed by atoms with Crippen LogP contribution in [0.15, 0.2) is 6.07 Å². The molecule has 3 rings (SSSR count). The second-order valence-corrected chi connectivity index (χ2v) is 7.30. The largest absolute Gasteiger partial charge is 0.353 e. The van der Waals surface area contributed by atoms with Crippen LogP contribution in [-0.2, 0) is 4.79 Å². The predicted molar refractivity (Wildman–Crippen MR) is 79.0 cm³/mol. The highest BCUT2D eigenvalue weighted by Gasteiger charge is 2.35. The van der Waals surface area contributed by atoms with E-state index in [1.54, 1.807) is 11.3 Å². The third-order valence-electron chi connectivity index (χ3n) is 4.38. The van der Waals surface area contributed by atoms with E-state index < -0.39 is 0 Å². The third-order valence-corrected chi connectivity index (χ3v) is 5.35. The lowest BCUT2D eigenvalue weighted by atomic mass is 9.85. The Labute approximate surface area is 123 Å². The molecule has 0 bridgehead atoms. The quantitative estimate of drug-likeness (QED) is 0.862. The molecule has 2 saturated heterocycles. The van der Waals surface area contributed by atoms with E-state index in [1.165, 1.54) is 4.88 Å². The summed E-state index contributed by atoms with van der Waals surface area (Å²) in [7, 11) is 0. The Hall–Kier alpha value is -1.36. The molecule has 20 heavy (non-hydrogen) atoms. The van der Waals surface area contributed by atoms with E-state index in [4.69, 9.17) is 0 Å². The van der Waals surface area contributed by atoms with Crippen LogP contribution < -0.4 is 5.32 Å². The van der Waals surface area contributed by atoms with Crippen LogP contribution in [0.25, 0.3) is 0 Å². The van der Waals surface area contributed by atoms with Crippen LogP contribution in [0.1, 0.15) is 39.4 Å². The number of carbonyl (C=O) groups is 2. The van der Waals surface area contributed by atoms with Gasteiger partial charge in [-0.1, -0.05) is 0 Å². The lowest BCUT2D eigenvalue weighted by Crippen LogP contribution is -2.55. The Bertz CT molecular complexity index is 552. The number of piperidine rings is 2. The Morgan fingerprint density at radius 1 is 1.40 bits per heavy atom. The monoisotopic (exact) mass is 292 g/mol. The first kappa shape index (κ1) is 13.6. The lowest BCUT2D eigenvalue weighted by molar-refractivity contribution is -0.125. The van der Waals surface area contributed by atoms with E-state index in [0.29, 0.717) is 12.3 Å². The molecule has 108 valence electrons. The van der Waals surface area contributed by atoms with Gasteiger partial charge < -0.3 is 10.2 Å². The van der Waals surface area contributed by atoms with E-state index in [1.807, 2.05) is 24.8 Å². The number of nitrogens with zero attached hydrogens (tertiary/aromatic N) is 1. The van der Waals surface area contributed by atoms with Gasteiger partial charge in [-0.15, -0.1) is 11.3 Å². The molecule has 1 aromatic heterocycles. The maximum absolute atomic E-state index is 12.6. The number of hydrogen-bond donors (Lipinski definition) is 1. The minimum absolute atomic E-state index is 0.155. The molecule has 1 N–H and O–H groups in total. The van der Waals surface area contributed by atoms with Crippen molar-refractivity contribution in [2.75, 3.05) is 13.1 Å². The SMILES string of the molecule is Cc1cc(C(=O)N2CCC3NC(=O)CCC3C2)c(C)s1. The molecule has 0 aliphatic carbocycles. The first-order chi connectivity index (χ1) is 9.54. The normalized spacial score (nSPS) is 26.1. The molecular formula is C15H20N2O2S. The highest BCUT2D eigenvalue weighted by Crippen LogP contribution is 2.28. The molecule has 1 aromatic rings. The molecule has 0 spiro atoms. The average Bonchev–Trinajstić information content (AvgIpc) is 2.76. The zero-order chi connectivity index (χ0) is 14.3. The number of carbonyl (C=O) groups excluding carboxylic acids is 2. The van der Waals surface area contributed by atoms with Crippen molar-refractivity contribution in [1.29, 1.82) is 0 Å². The molecule has 4 nitrogen and oxygen atoms in total. The van der Waals surface area contributed by atoms with E-state index >= 15 is 0 Å². The summed E-state index contributed by atoms with van der Waals surface area (Å²) in [6.07, 6.45) is 2.38. The second kappa shape index (κ2) is 5.20. The van der Waals surface area contributed by atoms with E-state index in [2.05, 4.69) is 5.32 Å². The van der Waals surface area contributed by atoms with Crippen LogP contribution in [0.4, 0.5) is 0 Å². The standard InChI is InChI=1S/C15H20N2O2S/c1-9-7-12(10(2)20-9)15(19)17-6-5-13-11(8-17)3-4-14(18)16-13/h7,11,13H,3-6,8H2,1-2H3,(H,16,18). The van der Waals surface area contributed by atoms with Crippen LogP contribution in [0, 0.1) is 19.8 Å². The maximum Gasteiger partial charge on any atom is 0.254 e. The molecule has 2 fully saturated rings. The van der Waals surface area contributed by atoms with Gasteiger partial charge in [-0.2, -0.15) is 0 Å². The molecule has 3 heterocycles. The number of rotatable bonds is 1. The molecule has 0 aromatic carbocycles. The number of thiophene rings is 1. The summed E-state index contributed by atoms with van der Waals surface area (Å²) in [5, 5.41) is 3.06. The second-order valence-electron chi connectivity index (χ2n) is 5.84. The zero-order valence-corrected chi connectivity index (χ0v) is 12.8. The Balaban J connectivity index is 1.71. The van der Waals surface area contributed by atoms with Crippen molar-refractivity contribution < 1.29 is 9.59 Å². The summed E-state index contributed by atoms with van der Waals surface area (Å²) in [6.45, 7) is 5.57. The van der Waals surface area contributed by atoms with Gasteiger partial charge in [0.1, 0.15) is 0 Å². The molecular weight excluding hydrogens is 272 g/mol. The third kappa shape index (κ3) is 2.46. The van der Waals surface area contributed by atoms with Crippen molar-refractivity contribution in [1.82, 2.24) is 10.2 Å². The van der Waals surface area contributed by atoms with Crippen LogP contribution in [-0.4, -0.2) is 35.8 Å². The molecule has 2 aliphatic rings. The van der Waals surface area contributed by atoms with Crippen molar-refractivity contribution in [3.63, 3.8) is 0 Å². The molecule has 0 radical (unpaired) electrons. The number of aryl methyl sites for hydroxylation is 2. The summed E-state index contributed by atoms with van der Waals surface area (Å²) in [5.74, 6) is 0.739. The Morgan fingerprint density at radius 3 is 2.90 bits per heavy atom. The van der Waals surface area contributed by atoms with Crippen LogP contribution >= 0.6 is 11.3 Å². The van der Waals surface area contributed by atoms with E-state index in [0.717, 1.165) is 36.4 Å². The van der Waals surface area contributed by atoms with Gasteiger partial charge in [0.25, 0.3) is 5.91 Å². The fraction of sp³-hybridized carbons (Fsp3) is 0.600. The topological polar surface area (TPSA) is 49.4 Å². The summed E-state index contributed by atoms with van der Waals surface area (Å²) in [5.41, 5.74) is 0.853. The zero-order valence-electron chi connectivity index (χ0n) is 11.9. The Kier molecular flexibility index (Phi) is 3.54. The number of fused-ring (bicyclic) bond motifs is 1. The number of likely N-dealkylation sites (tertiary alicyclic amines) is 1. The number of hydrogen-bond acceptors (Lipinski definition) is 3.